The molecule has 0 spiro atoms. The van der Waals surface area contributed by atoms with Crippen LogP contribution in [0.1, 0.15) is 0 Å². The lowest BCUT2D eigenvalue weighted by molar-refractivity contribution is 0.477. The van der Waals surface area contributed by atoms with Crippen molar-refractivity contribution in [2.75, 3.05) is 0 Å². The normalized spacial score (nSPS) is 10.3. The molecule has 82 valence electrons. The predicted molar refractivity (Wildman–Crippen MR) is 59.8 cm³/mol. The van der Waals surface area contributed by atoms with E-state index in [1.165, 1.54) is 6.07 Å². The monoisotopic (exact) mass is 238 g/mol. The highest BCUT2D eigenvalue weighted by Gasteiger charge is 2.11. The highest BCUT2D eigenvalue weighted by atomic mass is 35.5. The number of phenolic OH excluding ortho intramolecular Hbond substituents is 1. The zero-order valence-corrected chi connectivity index (χ0v) is 8.71. The summed E-state index contributed by atoms with van der Waals surface area (Å²) >= 11 is 5.75. The fourth-order valence-electron chi connectivity index (χ4n) is 1.34. The van der Waals surface area contributed by atoms with Gasteiger partial charge >= 0.3 is 5.69 Å². The minimum atomic E-state index is -0.691. The number of aromatic amines is 2. The summed E-state index contributed by atoms with van der Waals surface area (Å²) in [5.74, 6) is -0.0642. The molecule has 0 aliphatic rings. The maximum Gasteiger partial charge on any atom is 0.326 e. The Morgan fingerprint density at radius 1 is 1.12 bits per heavy atom. The third kappa shape index (κ3) is 1.72. The summed E-state index contributed by atoms with van der Waals surface area (Å²) in [6.45, 7) is 0. The van der Waals surface area contributed by atoms with Crippen LogP contribution in [0.4, 0.5) is 0 Å². The van der Waals surface area contributed by atoms with E-state index in [4.69, 9.17) is 11.6 Å². The van der Waals surface area contributed by atoms with Gasteiger partial charge in [0, 0.05) is 5.56 Å². The van der Waals surface area contributed by atoms with Gasteiger partial charge in [-0.15, -0.1) is 0 Å². The Balaban J connectivity index is 2.80. The zero-order chi connectivity index (χ0) is 11.7. The van der Waals surface area contributed by atoms with Crippen LogP contribution in [0.5, 0.6) is 5.75 Å². The third-order valence-corrected chi connectivity index (χ3v) is 2.42. The van der Waals surface area contributed by atoms with E-state index in [9.17, 15) is 14.7 Å². The molecule has 0 saturated carbocycles. The van der Waals surface area contributed by atoms with Gasteiger partial charge in [-0.2, -0.15) is 0 Å². The number of halogens is 1. The summed E-state index contributed by atoms with van der Waals surface area (Å²) in [7, 11) is 0. The number of benzene rings is 1. The zero-order valence-electron chi connectivity index (χ0n) is 7.95. The van der Waals surface area contributed by atoms with Crippen LogP contribution in [0.15, 0.2) is 33.9 Å². The van der Waals surface area contributed by atoms with E-state index in [1.54, 1.807) is 18.2 Å². The van der Waals surface area contributed by atoms with E-state index < -0.39 is 11.2 Å². The number of para-hydroxylation sites is 1. The topological polar surface area (TPSA) is 85.9 Å². The Morgan fingerprint density at radius 2 is 1.81 bits per heavy atom. The van der Waals surface area contributed by atoms with Crippen molar-refractivity contribution in [3.63, 3.8) is 0 Å². The van der Waals surface area contributed by atoms with Crippen LogP contribution in [-0.2, 0) is 0 Å². The van der Waals surface area contributed by atoms with Gasteiger partial charge in [-0.3, -0.25) is 9.78 Å². The second kappa shape index (κ2) is 3.86. The van der Waals surface area contributed by atoms with Gasteiger partial charge in [0.15, 0.2) is 0 Å². The number of hydrogen-bond acceptors (Lipinski definition) is 3. The molecule has 0 unspecified atom stereocenters. The molecule has 5 nitrogen and oxygen atoms in total. The molecule has 0 fully saturated rings. The Labute approximate surface area is 94.3 Å². The molecule has 0 aliphatic heterocycles. The van der Waals surface area contributed by atoms with Crippen molar-refractivity contribution in [3.05, 3.63) is 50.1 Å². The van der Waals surface area contributed by atoms with Gasteiger partial charge in [0.25, 0.3) is 5.56 Å². The van der Waals surface area contributed by atoms with E-state index in [-0.39, 0.29) is 16.5 Å². The molecule has 3 N–H and O–H groups in total. The first-order valence-electron chi connectivity index (χ1n) is 4.40. The lowest BCUT2D eigenvalue weighted by Gasteiger charge is -2.04. The van der Waals surface area contributed by atoms with Gasteiger partial charge in [0.2, 0.25) is 0 Å². The smallest absolute Gasteiger partial charge is 0.326 e. The highest BCUT2D eigenvalue weighted by Crippen LogP contribution is 2.29. The number of phenols is 1. The first kappa shape index (κ1) is 10.5. The molecule has 2 rings (SSSR count). The Hall–Kier alpha value is -2.01. The summed E-state index contributed by atoms with van der Waals surface area (Å²) in [5.41, 5.74) is -0.958. The van der Waals surface area contributed by atoms with Gasteiger partial charge in [-0.1, -0.05) is 23.7 Å². The number of nitrogens with one attached hydrogen (secondary N) is 2. The van der Waals surface area contributed by atoms with Gasteiger partial charge in [0.05, 0.1) is 5.69 Å². The van der Waals surface area contributed by atoms with Crippen LogP contribution >= 0.6 is 11.6 Å². The molecule has 6 heteroatoms. The fourth-order valence-corrected chi connectivity index (χ4v) is 1.54. The number of rotatable bonds is 1. The molecular formula is C10H7ClN2O3. The van der Waals surface area contributed by atoms with Crippen molar-refractivity contribution < 1.29 is 5.11 Å². The second-order valence-corrected chi connectivity index (χ2v) is 3.49. The predicted octanol–water partition coefficient (Wildman–Crippen LogP) is 1.09. The molecule has 0 atom stereocenters. The van der Waals surface area contributed by atoms with Crippen LogP contribution in [-0.4, -0.2) is 15.1 Å². The molecule has 0 aliphatic carbocycles. The first-order chi connectivity index (χ1) is 7.59. The third-order valence-electron chi connectivity index (χ3n) is 2.06. The van der Waals surface area contributed by atoms with E-state index in [2.05, 4.69) is 4.98 Å². The summed E-state index contributed by atoms with van der Waals surface area (Å²) in [4.78, 5) is 26.7. The number of aromatic nitrogens is 2. The lowest BCUT2D eigenvalue weighted by Crippen LogP contribution is -2.23. The average Bonchev–Trinajstić information content (AvgIpc) is 2.24. The molecule has 0 radical (unpaired) electrons. The van der Waals surface area contributed by atoms with Crippen molar-refractivity contribution in [2.45, 2.75) is 0 Å². The quantitative estimate of drug-likeness (QED) is 0.695. The van der Waals surface area contributed by atoms with Crippen LogP contribution in [0.25, 0.3) is 11.3 Å². The molecule has 2 aromatic rings. The van der Waals surface area contributed by atoms with Crippen molar-refractivity contribution >= 4 is 11.6 Å². The summed E-state index contributed by atoms with van der Waals surface area (Å²) in [6.07, 6.45) is 0. The van der Waals surface area contributed by atoms with E-state index in [0.717, 1.165) is 0 Å². The van der Waals surface area contributed by atoms with Gasteiger partial charge in [0.1, 0.15) is 10.8 Å². The van der Waals surface area contributed by atoms with Gasteiger partial charge in [-0.05, 0) is 12.1 Å². The van der Waals surface area contributed by atoms with E-state index >= 15 is 0 Å². The molecule has 16 heavy (non-hydrogen) atoms. The highest BCUT2D eigenvalue weighted by molar-refractivity contribution is 6.32. The van der Waals surface area contributed by atoms with Crippen LogP contribution in [0.2, 0.25) is 5.02 Å². The van der Waals surface area contributed by atoms with Crippen molar-refractivity contribution in [1.82, 2.24) is 9.97 Å². The Morgan fingerprint density at radius 3 is 2.50 bits per heavy atom. The molecule has 0 amide bonds. The minimum absolute atomic E-state index is 0.0642. The summed E-state index contributed by atoms with van der Waals surface area (Å²) < 4.78 is 0. The van der Waals surface area contributed by atoms with Crippen LogP contribution in [0.3, 0.4) is 0 Å². The summed E-state index contributed by atoms with van der Waals surface area (Å²) in [6, 6.07) is 6.26. The Kier molecular flexibility index (Phi) is 2.54. The molecule has 1 aromatic carbocycles. The second-order valence-electron chi connectivity index (χ2n) is 3.11. The van der Waals surface area contributed by atoms with E-state index in [0.29, 0.717) is 5.56 Å². The van der Waals surface area contributed by atoms with Crippen LogP contribution < -0.4 is 11.2 Å². The van der Waals surface area contributed by atoms with Gasteiger partial charge in [-0.25, -0.2) is 4.79 Å². The largest absolute Gasteiger partial charge is 0.507 e. The van der Waals surface area contributed by atoms with Crippen molar-refractivity contribution in [3.8, 4) is 17.0 Å². The molecule has 0 bridgehead atoms. The first-order valence-corrected chi connectivity index (χ1v) is 4.78. The number of aromatic hydroxyl groups is 1. The fraction of sp³-hybridized carbons (Fsp3) is 0. The minimum Gasteiger partial charge on any atom is -0.507 e. The van der Waals surface area contributed by atoms with Crippen molar-refractivity contribution in [1.29, 1.82) is 0 Å². The molecular weight excluding hydrogens is 232 g/mol. The number of hydrogen-bond donors (Lipinski definition) is 3. The van der Waals surface area contributed by atoms with Crippen LogP contribution in [0, 0.1) is 0 Å². The molecule has 1 aromatic heterocycles. The number of H-pyrrole nitrogens is 2. The average molecular weight is 239 g/mol. The Bertz CT molecular complexity index is 645. The molecule has 0 saturated heterocycles. The maximum absolute atomic E-state index is 11.3. The lowest BCUT2D eigenvalue weighted by atomic mass is 10.1. The van der Waals surface area contributed by atoms with Gasteiger partial charge < -0.3 is 10.1 Å². The molecule has 1 heterocycles. The SMILES string of the molecule is O=c1[nH]c(-c2ccccc2O)c(Cl)c(=O)[nH]1. The summed E-state index contributed by atoms with van der Waals surface area (Å²) in [5, 5.41) is 9.41. The maximum atomic E-state index is 11.3. The van der Waals surface area contributed by atoms with Crippen molar-refractivity contribution in [2.24, 2.45) is 0 Å². The van der Waals surface area contributed by atoms with E-state index in [1.807, 2.05) is 4.98 Å². The standard InChI is InChI=1S/C10H7ClN2O3/c11-7-8(12-10(16)13-9(7)15)5-3-1-2-4-6(5)14/h1-4,14H,(H2,12,13,15,16).